The second-order valence-electron chi connectivity index (χ2n) is 5.90. The third-order valence-corrected chi connectivity index (χ3v) is 4.22. The fourth-order valence-corrected chi connectivity index (χ4v) is 2.80. The molecule has 6 heteroatoms. The lowest BCUT2D eigenvalue weighted by atomic mass is 9.91. The van der Waals surface area contributed by atoms with Crippen molar-refractivity contribution >= 4 is 11.9 Å². The maximum Gasteiger partial charge on any atom is 0.247 e. The molecule has 1 aliphatic heterocycles. The van der Waals surface area contributed by atoms with Gasteiger partial charge in [0.1, 0.15) is 5.54 Å². The highest BCUT2D eigenvalue weighted by Gasteiger charge is 2.35. The number of piperazine rings is 1. The summed E-state index contributed by atoms with van der Waals surface area (Å²) in [6.45, 7) is 4.44. The lowest BCUT2D eigenvalue weighted by Crippen LogP contribution is -2.57. The van der Waals surface area contributed by atoms with Crippen LogP contribution in [0, 0.1) is 0 Å². The first-order valence-electron chi connectivity index (χ1n) is 7.75. The van der Waals surface area contributed by atoms with Gasteiger partial charge in [-0.25, -0.2) is 9.97 Å². The van der Waals surface area contributed by atoms with E-state index in [2.05, 4.69) is 14.9 Å². The summed E-state index contributed by atoms with van der Waals surface area (Å²) in [7, 11) is 0. The van der Waals surface area contributed by atoms with Gasteiger partial charge in [0.2, 0.25) is 11.9 Å². The Balaban J connectivity index is 1.67. The minimum Gasteiger partial charge on any atom is -0.337 e. The number of hydrogen-bond acceptors (Lipinski definition) is 5. The Morgan fingerprint density at radius 2 is 1.65 bits per heavy atom. The predicted octanol–water partition coefficient (Wildman–Crippen LogP) is 0.999. The predicted molar refractivity (Wildman–Crippen MR) is 88.8 cm³/mol. The van der Waals surface area contributed by atoms with Crippen LogP contribution in [0.2, 0.25) is 0 Å². The number of rotatable bonds is 3. The van der Waals surface area contributed by atoms with Crippen molar-refractivity contribution in [2.45, 2.75) is 12.5 Å². The summed E-state index contributed by atoms with van der Waals surface area (Å²) in [6, 6.07) is 11.3. The molecule has 0 bridgehead atoms. The normalized spacial score (nSPS) is 17.7. The van der Waals surface area contributed by atoms with E-state index in [-0.39, 0.29) is 5.91 Å². The molecule has 0 radical (unpaired) electrons. The van der Waals surface area contributed by atoms with Gasteiger partial charge in [0.05, 0.1) is 0 Å². The first-order chi connectivity index (χ1) is 11.1. The van der Waals surface area contributed by atoms with Gasteiger partial charge in [0.25, 0.3) is 0 Å². The van der Waals surface area contributed by atoms with Gasteiger partial charge in [-0.1, -0.05) is 30.3 Å². The van der Waals surface area contributed by atoms with Crippen molar-refractivity contribution in [3.05, 3.63) is 54.4 Å². The van der Waals surface area contributed by atoms with Crippen molar-refractivity contribution in [3.63, 3.8) is 0 Å². The van der Waals surface area contributed by atoms with Crippen LogP contribution in [0.3, 0.4) is 0 Å². The lowest BCUT2D eigenvalue weighted by Gasteiger charge is -2.38. The Kier molecular flexibility index (Phi) is 4.25. The van der Waals surface area contributed by atoms with Gasteiger partial charge in [-0.05, 0) is 18.6 Å². The van der Waals surface area contributed by atoms with Gasteiger partial charge in [-0.3, -0.25) is 4.79 Å². The summed E-state index contributed by atoms with van der Waals surface area (Å²) < 4.78 is 0. The molecule has 1 amide bonds. The molecule has 2 heterocycles. The Labute approximate surface area is 135 Å². The fourth-order valence-electron chi connectivity index (χ4n) is 2.80. The van der Waals surface area contributed by atoms with E-state index in [9.17, 15) is 4.79 Å². The van der Waals surface area contributed by atoms with Crippen molar-refractivity contribution in [1.29, 1.82) is 0 Å². The molecule has 3 rings (SSSR count). The SMILES string of the molecule is CC(N)(C(=O)N1CCN(c2ncccn2)CC1)c1ccccc1. The molecule has 2 aromatic rings. The first-order valence-corrected chi connectivity index (χ1v) is 7.75. The minimum absolute atomic E-state index is 0.0441. The molecule has 1 fully saturated rings. The van der Waals surface area contributed by atoms with E-state index in [0.717, 1.165) is 5.56 Å². The zero-order chi connectivity index (χ0) is 16.3. The number of nitrogens with two attached hydrogens (primary N) is 1. The van der Waals surface area contributed by atoms with Gasteiger partial charge in [-0.2, -0.15) is 0 Å². The van der Waals surface area contributed by atoms with E-state index in [1.165, 1.54) is 0 Å². The van der Waals surface area contributed by atoms with Crippen LogP contribution in [0.1, 0.15) is 12.5 Å². The zero-order valence-corrected chi connectivity index (χ0v) is 13.2. The van der Waals surface area contributed by atoms with Crippen LogP contribution in [0.4, 0.5) is 5.95 Å². The van der Waals surface area contributed by atoms with Crippen molar-refractivity contribution < 1.29 is 4.79 Å². The molecule has 0 spiro atoms. The van der Waals surface area contributed by atoms with Gasteiger partial charge in [0.15, 0.2) is 0 Å². The standard InChI is InChI=1S/C17H21N5O/c1-17(18,14-6-3-2-4-7-14)15(23)21-10-12-22(13-11-21)16-19-8-5-9-20-16/h2-9H,10-13,18H2,1H3. The Morgan fingerprint density at radius 3 is 2.26 bits per heavy atom. The second kappa shape index (κ2) is 6.34. The Morgan fingerprint density at radius 1 is 1.04 bits per heavy atom. The van der Waals surface area contributed by atoms with E-state index in [0.29, 0.717) is 32.1 Å². The van der Waals surface area contributed by atoms with Gasteiger partial charge in [0, 0.05) is 38.6 Å². The molecule has 2 N–H and O–H groups in total. The molecule has 1 aromatic carbocycles. The molecular weight excluding hydrogens is 290 g/mol. The van der Waals surface area contributed by atoms with Crippen LogP contribution in [0.5, 0.6) is 0 Å². The third kappa shape index (κ3) is 3.17. The van der Waals surface area contributed by atoms with Crippen LogP contribution in [0.15, 0.2) is 48.8 Å². The van der Waals surface area contributed by atoms with Crippen molar-refractivity contribution in [2.24, 2.45) is 5.73 Å². The number of amides is 1. The van der Waals surface area contributed by atoms with E-state index < -0.39 is 5.54 Å². The number of carbonyl (C=O) groups excluding carboxylic acids is 1. The van der Waals surface area contributed by atoms with Gasteiger partial charge < -0.3 is 15.5 Å². The monoisotopic (exact) mass is 311 g/mol. The van der Waals surface area contributed by atoms with Crippen molar-refractivity contribution in [1.82, 2.24) is 14.9 Å². The average Bonchev–Trinajstić information content (AvgIpc) is 2.63. The highest BCUT2D eigenvalue weighted by Crippen LogP contribution is 2.21. The third-order valence-electron chi connectivity index (χ3n) is 4.22. The molecule has 1 saturated heterocycles. The molecule has 0 saturated carbocycles. The Hall–Kier alpha value is -2.47. The molecular formula is C17H21N5O. The first kappa shape index (κ1) is 15.4. The quantitative estimate of drug-likeness (QED) is 0.915. The summed E-state index contributed by atoms with van der Waals surface area (Å²) in [5.74, 6) is 0.662. The summed E-state index contributed by atoms with van der Waals surface area (Å²) >= 11 is 0. The number of nitrogens with zero attached hydrogens (tertiary/aromatic N) is 4. The van der Waals surface area contributed by atoms with Crippen molar-refractivity contribution in [2.75, 3.05) is 31.1 Å². The molecule has 23 heavy (non-hydrogen) atoms. The molecule has 1 unspecified atom stereocenters. The van der Waals surface area contributed by atoms with Crippen molar-refractivity contribution in [3.8, 4) is 0 Å². The van der Waals surface area contributed by atoms with E-state index in [1.807, 2.05) is 35.2 Å². The molecule has 6 nitrogen and oxygen atoms in total. The number of hydrogen-bond donors (Lipinski definition) is 1. The number of aromatic nitrogens is 2. The van der Waals surface area contributed by atoms with Crippen LogP contribution in [-0.4, -0.2) is 47.0 Å². The molecule has 120 valence electrons. The minimum atomic E-state index is -1.01. The van der Waals surface area contributed by atoms with Crippen LogP contribution >= 0.6 is 0 Å². The Bertz CT molecular complexity index is 651. The number of carbonyl (C=O) groups is 1. The number of benzene rings is 1. The molecule has 1 aliphatic rings. The second-order valence-corrected chi connectivity index (χ2v) is 5.90. The topological polar surface area (TPSA) is 75.4 Å². The van der Waals surface area contributed by atoms with E-state index in [1.54, 1.807) is 25.4 Å². The highest BCUT2D eigenvalue weighted by atomic mass is 16.2. The highest BCUT2D eigenvalue weighted by molar-refractivity contribution is 5.87. The van der Waals surface area contributed by atoms with E-state index in [4.69, 9.17) is 5.73 Å². The summed E-state index contributed by atoms with van der Waals surface area (Å²) in [5, 5.41) is 0. The number of anilines is 1. The smallest absolute Gasteiger partial charge is 0.247 e. The average molecular weight is 311 g/mol. The maximum absolute atomic E-state index is 12.8. The maximum atomic E-state index is 12.8. The lowest BCUT2D eigenvalue weighted by molar-refractivity contribution is -0.137. The van der Waals surface area contributed by atoms with E-state index >= 15 is 0 Å². The summed E-state index contributed by atoms with van der Waals surface area (Å²) in [6.07, 6.45) is 3.46. The summed E-state index contributed by atoms with van der Waals surface area (Å²) in [5.41, 5.74) is 6.15. The van der Waals surface area contributed by atoms with Crippen LogP contribution in [-0.2, 0) is 10.3 Å². The zero-order valence-electron chi connectivity index (χ0n) is 13.2. The largest absolute Gasteiger partial charge is 0.337 e. The summed E-state index contributed by atoms with van der Waals surface area (Å²) in [4.78, 5) is 25.2. The molecule has 1 atom stereocenters. The fraction of sp³-hybridized carbons (Fsp3) is 0.353. The van der Waals surface area contributed by atoms with Crippen LogP contribution in [0.25, 0.3) is 0 Å². The molecule has 0 aliphatic carbocycles. The van der Waals surface area contributed by atoms with Crippen LogP contribution < -0.4 is 10.6 Å². The van der Waals surface area contributed by atoms with Gasteiger partial charge >= 0.3 is 0 Å². The van der Waals surface area contributed by atoms with Gasteiger partial charge in [-0.15, -0.1) is 0 Å². The molecule has 1 aromatic heterocycles.